The Hall–Kier alpha value is -2.42. The summed E-state index contributed by atoms with van der Waals surface area (Å²) in [5, 5.41) is 6.34. The summed E-state index contributed by atoms with van der Waals surface area (Å²) in [5.41, 5.74) is 0.831. The molecule has 1 amide bonds. The monoisotopic (exact) mass is 391 g/mol. The van der Waals surface area contributed by atoms with Gasteiger partial charge in [0.15, 0.2) is 0 Å². The molecular formula is C18H22ClN5O3. The van der Waals surface area contributed by atoms with Crippen LogP contribution in [0.15, 0.2) is 30.5 Å². The van der Waals surface area contributed by atoms with E-state index in [2.05, 4.69) is 25.5 Å². The lowest BCUT2D eigenvalue weighted by Gasteiger charge is -2.26. The Morgan fingerprint density at radius 2 is 2.15 bits per heavy atom. The van der Waals surface area contributed by atoms with E-state index in [1.807, 2.05) is 0 Å². The Balaban J connectivity index is 1.55. The van der Waals surface area contributed by atoms with Crippen molar-refractivity contribution < 1.29 is 14.3 Å². The molecule has 8 nitrogen and oxygen atoms in total. The van der Waals surface area contributed by atoms with E-state index in [1.165, 1.54) is 7.11 Å². The Bertz CT molecular complexity index is 783. The number of morpholine rings is 1. The number of halogens is 1. The summed E-state index contributed by atoms with van der Waals surface area (Å²) in [6.45, 7) is 4.94. The van der Waals surface area contributed by atoms with Crippen molar-refractivity contribution in [1.82, 2.24) is 14.9 Å². The number of hydrogen-bond acceptors (Lipinski definition) is 7. The van der Waals surface area contributed by atoms with Gasteiger partial charge in [-0.1, -0.05) is 11.6 Å². The maximum Gasteiger partial charge on any atom is 0.274 e. The number of benzene rings is 1. The third kappa shape index (κ3) is 5.53. The van der Waals surface area contributed by atoms with Crippen LogP contribution in [0.3, 0.4) is 0 Å². The standard InChI is InChI=1S/C18H22ClN5O3/c1-26-16-3-2-13(12-14(16)19)22-17(25)15-4-5-20-18(23-15)21-6-7-24-8-10-27-11-9-24/h2-5,12H,6-11H2,1H3,(H,22,25)(H,20,21,23). The predicted molar refractivity (Wildman–Crippen MR) is 104 cm³/mol. The number of carbonyl (C=O) groups excluding carboxylic acids is 1. The largest absolute Gasteiger partial charge is 0.495 e. The molecule has 1 aliphatic heterocycles. The Morgan fingerprint density at radius 3 is 2.89 bits per heavy atom. The average molecular weight is 392 g/mol. The highest BCUT2D eigenvalue weighted by atomic mass is 35.5. The van der Waals surface area contributed by atoms with E-state index in [1.54, 1.807) is 30.5 Å². The van der Waals surface area contributed by atoms with Crippen LogP contribution in [-0.4, -0.2) is 67.3 Å². The second kappa shape index (κ2) is 9.50. The molecule has 2 aromatic rings. The number of nitrogens with zero attached hydrogens (tertiary/aromatic N) is 3. The molecule has 1 aromatic heterocycles. The van der Waals surface area contributed by atoms with Crippen molar-refractivity contribution in [2.24, 2.45) is 0 Å². The van der Waals surface area contributed by atoms with Gasteiger partial charge in [-0.25, -0.2) is 9.97 Å². The fraction of sp³-hybridized carbons (Fsp3) is 0.389. The lowest BCUT2D eigenvalue weighted by atomic mass is 10.3. The maximum atomic E-state index is 12.4. The van der Waals surface area contributed by atoms with Crippen LogP contribution in [0.4, 0.5) is 11.6 Å². The first-order valence-corrected chi connectivity index (χ1v) is 9.05. The number of rotatable bonds is 7. The molecule has 3 rings (SSSR count). The second-order valence-electron chi connectivity index (χ2n) is 5.95. The quantitative estimate of drug-likeness (QED) is 0.747. The number of ether oxygens (including phenoxy) is 2. The van der Waals surface area contributed by atoms with Crippen LogP contribution in [0.1, 0.15) is 10.5 Å². The molecule has 144 valence electrons. The topological polar surface area (TPSA) is 88.6 Å². The first-order chi connectivity index (χ1) is 13.2. The molecule has 1 aliphatic rings. The summed E-state index contributed by atoms with van der Waals surface area (Å²) in [6.07, 6.45) is 1.56. The number of amides is 1. The van der Waals surface area contributed by atoms with Crippen LogP contribution in [0.2, 0.25) is 5.02 Å². The number of nitrogens with one attached hydrogen (secondary N) is 2. The zero-order chi connectivity index (χ0) is 19.1. The minimum atomic E-state index is -0.338. The number of methoxy groups -OCH3 is 1. The van der Waals surface area contributed by atoms with E-state index in [-0.39, 0.29) is 11.6 Å². The zero-order valence-electron chi connectivity index (χ0n) is 15.1. The Labute approximate surface area is 162 Å². The summed E-state index contributed by atoms with van der Waals surface area (Å²) in [7, 11) is 1.54. The number of aromatic nitrogens is 2. The molecule has 1 aromatic carbocycles. The van der Waals surface area contributed by atoms with Gasteiger partial charge in [0.2, 0.25) is 5.95 Å². The SMILES string of the molecule is COc1ccc(NC(=O)c2ccnc(NCCN3CCOCC3)n2)cc1Cl. The van der Waals surface area contributed by atoms with Gasteiger partial charge in [-0.3, -0.25) is 9.69 Å². The first-order valence-electron chi connectivity index (χ1n) is 8.67. The molecule has 0 unspecified atom stereocenters. The molecule has 0 saturated carbocycles. The minimum absolute atomic E-state index is 0.269. The lowest BCUT2D eigenvalue weighted by molar-refractivity contribution is 0.0398. The highest BCUT2D eigenvalue weighted by Gasteiger charge is 2.12. The molecular weight excluding hydrogens is 370 g/mol. The molecule has 1 fully saturated rings. The minimum Gasteiger partial charge on any atom is -0.495 e. The molecule has 0 radical (unpaired) electrons. The molecule has 1 saturated heterocycles. The number of hydrogen-bond donors (Lipinski definition) is 2. The van der Waals surface area contributed by atoms with Gasteiger partial charge in [0.05, 0.1) is 25.3 Å². The van der Waals surface area contributed by atoms with Crippen molar-refractivity contribution >= 4 is 29.1 Å². The van der Waals surface area contributed by atoms with Crippen molar-refractivity contribution in [3.63, 3.8) is 0 Å². The van der Waals surface area contributed by atoms with Gasteiger partial charge in [0.25, 0.3) is 5.91 Å². The summed E-state index contributed by atoms with van der Waals surface area (Å²) in [6, 6.07) is 6.59. The van der Waals surface area contributed by atoms with E-state index in [9.17, 15) is 4.79 Å². The molecule has 9 heteroatoms. The molecule has 0 bridgehead atoms. The summed E-state index contributed by atoms with van der Waals surface area (Å²) in [4.78, 5) is 23.2. The fourth-order valence-corrected chi connectivity index (χ4v) is 2.92. The number of anilines is 2. The highest BCUT2D eigenvalue weighted by molar-refractivity contribution is 6.32. The third-order valence-electron chi connectivity index (χ3n) is 4.11. The van der Waals surface area contributed by atoms with Crippen LogP contribution in [0.25, 0.3) is 0 Å². The van der Waals surface area contributed by atoms with Crippen LogP contribution >= 0.6 is 11.6 Å². The predicted octanol–water partition coefficient (Wildman–Crippen LogP) is 2.13. The van der Waals surface area contributed by atoms with Crippen molar-refractivity contribution in [2.75, 3.05) is 57.1 Å². The Kier molecular flexibility index (Phi) is 6.80. The summed E-state index contributed by atoms with van der Waals surface area (Å²) in [5.74, 6) is 0.627. The molecule has 27 heavy (non-hydrogen) atoms. The highest BCUT2D eigenvalue weighted by Crippen LogP contribution is 2.27. The maximum absolute atomic E-state index is 12.4. The van der Waals surface area contributed by atoms with Crippen LogP contribution < -0.4 is 15.4 Å². The van der Waals surface area contributed by atoms with Crippen molar-refractivity contribution in [3.8, 4) is 5.75 Å². The van der Waals surface area contributed by atoms with Crippen LogP contribution in [0, 0.1) is 0 Å². The van der Waals surface area contributed by atoms with E-state index < -0.39 is 0 Å². The van der Waals surface area contributed by atoms with E-state index >= 15 is 0 Å². The smallest absolute Gasteiger partial charge is 0.274 e. The molecule has 0 atom stereocenters. The fourth-order valence-electron chi connectivity index (χ4n) is 2.66. The van der Waals surface area contributed by atoms with Gasteiger partial charge < -0.3 is 20.1 Å². The normalized spacial score (nSPS) is 14.6. The first kappa shape index (κ1) is 19.3. The van der Waals surface area contributed by atoms with Crippen molar-refractivity contribution in [2.45, 2.75) is 0 Å². The van der Waals surface area contributed by atoms with Gasteiger partial charge in [-0.15, -0.1) is 0 Å². The zero-order valence-corrected chi connectivity index (χ0v) is 15.8. The van der Waals surface area contributed by atoms with Gasteiger partial charge in [0.1, 0.15) is 11.4 Å². The second-order valence-corrected chi connectivity index (χ2v) is 6.36. The van der Waals surface area contributed by atoms with Crippen molar-refractivity contribution in [3.05, 3.63) is 41.2 Å². The van der Waals surface area contributed by atoms with Gasteiger partial charge >= 0.3 is 0 Å². The molecule has 0 aliphatic carbocycles. The van der Waals surface area contributed by atoms with Gasteiger partial charge in [0, 0.05) is 38.1 Å². The Morgan fingerprint density at radius 1 is 1.33 bits per heavy atom. The third-order valence-corrected chi connectivity index (χ3v) is 4.41. The van der Waals surface area contributed by atoms with Crippen LogP contribution in [-0.2, 0) is 4.74 Å². The van der Waals surface area contributed by atoms with Crippen molar-refractivity contribution in [1.29, 1.82) is 0 Å². The summed E-state index contributed by atoms with van der Waals surface area (Å²) < 4.78 is 10.4. The lowest BCUT2D eigenvalue weighted by Crippen LogP contribution is -2.39. The van der Waals surface area contributed by atoms with E-state index in [4.69, 9.17) is 21.1 Å². The van der Waals surface area contributed by atoms with Gasteiger partial charge in [-0.2, -0.15) is 0 Å². The van der Waals surface area contributed by atoms with Gasteiger partial charge in [-0.05, 0) is 24.3 Å². The molecule has 0 spiro atoms. The average Bonchev–Trinajstić information content (AvgIpc) is 2.69. The van der Waals surface area contributed by atoms with E-state index in [0.717, 1.165) is 32.8 Å². The van der Waals surface area contributed by atoms with E-state index in [0.29, 0.717) is 29.0 Å². The number of carbonyl (C=O) groups is 1. The van der Waals surface area contributed by atoms with Crippen LogP contribution in [0.5, 0.6) is 5.75 Å². The molecule has 2 N–H and O–H groups in total. The molecule has 2 heterocycles. The summed E-state index contributed by atoms with van der Waals surface area (Å²) >= 11 is 6.08.